The van der Waals surface area contributed by atoms with Gasteiger partial charge in [0, 0.05) is 5.92 Å². The second-order valence-electron chi connectivity index (χ2n) is 5.65. The fourth-order valence-electron chi connectivity index (χ4n) is 3.33. The minimum absolute atomic E-state index is 0.317. The van der Waals surface area contributed by atoms with Gasteiger partial charge in [0.1, 0.15) is 11.7 Å². The summed E-state index contributed by atoms with van der Waals surface area (Å²) in [6.45, 7) is 2.13. The molecule has 1 fully saturated rings. The zero-order chi connectivity index (χ0) is 14.4. The van der Waals surface area contributed by atoms with Crippen molar-refractivity contribution in [3.63, 3.8) is 0 Å². The van der Waals surface area contributed by atoms with Gasteiger partial charge in [-0.05, 0) is 32.6 Å². The van der Waals surface area contributed by atoms with Crippen molar-refractivity contribution in [2.75, 3.05) is 6.61 Å². The molecule has 0 aromatic carbocycles. The Morgan fingerprint density at radius 1 is 1.52 bits per heavy atom. The largest absolute Gasteiger partial charge is 0.487 e. The van der Waals surface area contributed by atoms with Crippen LogP contribution < -0.4 is 4.74 Å². The zero-order valence-corrected chi connectivity index (χ0v) is 11.9. The highest BCUT2D eigenvalue weighted by atomic mass is 16.5. The number of esters is 1. The molecule has 110 valence electrons. The molecule has 1 aliphatic carbocycles. The molecule has 2 aliphatic rings. The molecule has 0 N–H and O–H groups in total. The van der Waals surface area contributed by atoms with Crippen LogP contribution in [-0.2, 0) is 11.2 Å². The van der Waals surface area contributed by atoms with Crippen LogP contribution in [0.4, 0.5) is 0 Å². The highest BCUT2D eigenvalue weighted by molar-refractivity contribution is 5.95. The Balaban J connectivity index is 1.76. The average Bonchev–Trinajstić information content (AvgIpc) is 3.08. The molecule has 2 aromatic rings. The van der Waals surface area contributed by atoms with Crippen molar-refractivity contribution in [3.8, 4) is 5.75 Å². The molecule has 6 heteroatoms. The Morgan fingerprint density at radius 2 is 2.43 bits per heavy atom. The number of hydrogen-bond donors (Lipinski definition) is 0. The summed E-state index contributed by atoms with van der Waals surface area (Å²) in [6.07, 6.45) is 8.10. The molecule has 2 atom stereocenters. The van der Waals surface area contributed by atoms with Crippen LogP contribution in [0.1, 0.15) is 42.2 Å². The van der Waals surface area contributed by atoms with Gasteiger partial charge in [0.2, 0.25) is 0 Å². The van der Waals surface area contributed by atoms with Crippen molar-refractivity contribution in [2.45, 2.75) is 38.7 Å². The van der Waals surface area contributed by atoms with Crippen molar-refractivity contribution in [1.82, 2.24) is 14.6 Å². The van der Waals surface area contributed by atoms with E-state index in [4.69, 9.17) is 9.47 Å². The highest BCUT2D eigenvalue weighted by Crippen LogP contribution is 2.38. The number of carbonyl (C=O) groups excluding carboxylic acids is 1. The second kappa shape index (κ2) is 4.72. The molecule has 1 saturated carbocycles. The molecule has 0 unspecified atom stereocenters. The van der Waals surface area contributed by atoms with Gasteiger partial charge < -0.3 is 9.47 Å². The number of rotatable bonds is 2. The predicted molar refractivity (Wildman–Crippen MR) is 74.4 cm³/mol. The summed E-state index contributed by atoms with van der Waals surface area (Å²) in [5.41, 5.74) is 1.89. The summed E-state index contributed by atoms with van der Waals surface area (Å²) in [6, 6.07) is 0. The first-order valence-corrected chi connectivity index (χ1v) is 7.47. The van der Waals surface area contributed by atoms with E-state index in [0.717, 1.165) is 24.3 Å². The molecule has 4 rings (SSSR count). The standard InChI is InChI=1S/C15H17N3O3/c1-2-20-15(19)10-7-16-18-8-13-11(17-14(10)18)6-9-4-3-5-12(9)21-13/h7-9,12H,2-6H2,1H3/t9-,12-/m0/s1. The summed E-state index contributed by atoms with van der Waals surface area (Å²) in [5, 5.41) is 4.19. The number of hydrogen-bond acceptors (Lipinski definition) is 5. The summed E-state index contributed by atoms with van der Waals surface area (Å²) >= 11 is 0. The molecule has 0 bridgehead atoms. The lowest BCUT2D eigenvalue weighted by molar-refractivity contribution is 0.0528. The Bertz CT molecular complexity index is 709. The number of aromatic nitrogens is 3. The van der Waals surface area contributed by atoms with Gasteiger partial charge in [-0.15, -0.1) is 0 Å². The zero-order valence-electron chi connectivity index (χ0n) is 11.9. The van der Waals surface area contributed by atoms with Gasteiger partial charge in [0.15, 0.2) is 11.4 Å². The van der Waals surface area contributed by atoms with Crippen LogP contribution in [-0.4, -0.2) is 33.3 Å². The van der Waals surface area contributed by atoms with Crippen LogP contribution >= 0.6 is 0 Å². The first kappa shape index (κ1) is 12.6. The lowest BCUT2D eigenvalue weighted by Crippen LogP contribution is -2.29. The molecule has 0 saturated heterocycles. The molecule has 2 aromatic heterocycles. The SMILES string of the molecule is CCOC(=O)c1cnn2cc3c(nc12)C[C@@H]1CCC[C@@H]1O3. The smallest absolute Gasteiger partial charge is 0.343 e. The molecule has 0 spiro atoms. The van der Waals surface area contributed by atoms with E-state index in [1.165, 1.54) is 19.0 Å². The maximum absolute atomic E-state index is 11.9. The van der Waals surface area contributed by atoms with Crippen molar-refractivity contribution >= 4 is 11.6 Å². The molecular formula is C15H17N3O3. The summed E-state index contributed by atoms with van der Waals surface area (Å²) < 4.78 is 12.7. The van der Waals surface area contributed by atoms with Gasteiger partial charge in [-0.2, -0.15) is 5.10 Å². The van der Waals surface area contributed by atoms with Crippen molar-refractivity contribution < 1.29 is 14.3 Å². The third-order valence-corrected chi connectivity index (χ3v) is 4.35. The second-order valence-corrected chi connectivity index (χ2v) is 5.65. The van der Waals surface area contributed by atoms with E-state index >= 15 is 0 Å². The molecule has 21 heavy (non-hydrogen) atoms. The maximum Gasteiger partial charge on any atom is 0.343 e. The van der Waals surface area contributed by atoms with E-state index in [-0.39, 0.29) is 5.97 Å². The third kappa shape index (κ3) is 1.97. The van der Waals surface area contributed by atoms with E-state index < -0.39 is 0 Å². The van der Waals surface area contributed by atoms with Crippen LogP contribution in [0.2, 0.25) is 0 Å². The van der Waals surface area contributed by atoms with E-state index in [2.05, 4.69) is 10.1 Å². The number of nitrogens with zero attached hydrogens (tertiary/aromatic N) is 3. The van der Waals surface area contributed by atoms with E-state index in [9.17, 15) is 4.79 Å². The van der Waals surface area contributed by atoms with Gasteiger partial charge >= 0.3 is 5.97 Å². The Kier molecular flexibility index (Phi) is 2.83. The third-order valence-electron chi connectivity index (χ3n) is 4.35. The average molecular weight is 287 g/mol. The van der Waals surface area contributed by atoms with E-state index in [0.29, 0.717) is 29.8 Å². The van der Waals surface area contributed by atoms with E-state index in [1.807, 2.05) is 6.20 Å². The minimum Gasteiger partial charge on any atom is -0.487 e. The van der Waals surface area contributed by atoms with Crippen LogP contribution in [0.3, 0.4) is 0 Å². The topological polar surface area (TPSA) is 65.7 Å². The normalized spacial score (nSPS) is 23.5. The number of ether oxygens (including phenoxy) is 2. The van der Waals surface area contributed by atoms with Crippen LogP contribution in [0.25, 0.3) is 5.65 Å². The number of fused-ring (bicyclic) bond motifs is 3. The Morgan fingerprint density at radius 3 is 3.29 bits per heavy atom. The first-order chi connectivity index (χ1) is 10.3. The Labute approximate surface area is 122 Å². The quantitative estimate of drug-likeness (QED) is 0.790. The van der Waals surface area contributed by atoms with Crippen LogP contribution in [0.5, 0.6) is 5.75 Å². The summed E-state index contributed by atoms with van der Waals surface area (Å²) in [7, 11) is 0. The molecule has 0 radical (unpaired) electrons. The van der Waals surface area contributed by atoms with Gasteiger partial charge in [0.25, 0.3) is 0 Å². The molecule has 0 amide bonds. The van der Waals surface area contributed by atoms with Crippen molar-refractivity contribution in [2.24, 2.45) is 5.92 Å². The lowest BCUT2D eigenvalue weighted by Gasteiger charge is -2.27. The Hall–Kier alpha value is -2.11. The molecular weight excluding hydrogens is 270 g/mol. The molecule has 3 heterocycles. The summed E-state index contributed by atoms with van der Waals surface area (Å²) in [4.78, 5) is 16.5. The molecule has 6 nitrogen and oxygen atoms in total. The van der Waals surface area contributed by atoms with E-state index in [1.54, 1.807) is 11.4 Å². The molecule has 1 aliphatic heterocycles. The number of carbonyl (C=O) groups is 1. The first-order valence-electron chi connectivity index (χ1n) is 7.47. The van der Waals surface area contributed by atoms with Gasteiger partial charge in [-0.3, -0.25) is 0 Å². The fourth-order valence-corrected chi connectivity index (χ4v) is 3.33. The van der Waals surface area contributed by atoms with Gasteiger partial charge in [-0.25, -0.2) is 14.3 Å². The monoisotopic (exact) mass is 287 g/mol. The summed E-state index contributed by atoms with van der Waals surface area (Å²) in [5.74, 6) is 0.973. The maximum atomic E-state index is 11.9. The van der Waals surface area contributed by atoms with Crippen molar-refractivity contribution in [3.05, 3.63) is 23.7 Å². The predicted octanol–water partition coefficient (Wildman–Crippen LogP) is 2.01. The fraction of sp³-hybridized carbons (Fsp3) is 0.533. The van der Waals surface area contributed by atoms with Crippen LogP contribution in [0, 0.1) is 5.92 Å². The van der Waals surface area contributed by atoms with Crippen LogP contribution in [0.15, 0.2) is 12.4 Å². The highest BCUT2D eigenvalue weighted by Gasteiger charge is 2.35. The van der Waals surface area contributed by atoms with Gasteiger partial charge in [-0.1, -0.05) is 0 Å². The van der Waals surface area contributed by atoms with Gasteiger partial charge in [0.05, 0.1) is 24.7 Å². The minimum atomic E-state index is -0.379. The lowest BCUT2D eigenvalue weighted by atomic mass is 9.96. The van der Waals surface area contributed by atoms with Crippen molar-refractivity contribution in [1.29, 1.82) is 0 Å².